The standard InChI is InChI=1S/C14H17ClF3NO/c1-20-13-8-11(14(16,17)18)9(7-12(13)15)6-10-4-2-3-5-19-10/h7-8,10,19H,2-6H2,1H3. The van der Waals surface area contributed by atoms with Crippen LogP contribution in [0.3, 0.4) is 0 Å². The lowest BCUT2D eigenvalue weighted by Crippen LogP contribution is -2.36. The van der Waals surface area contributed by atoms with E-state index in [0.717, 1.165) is 31.9 Å². The number of methoxy groups -OCH3 is 1. The van der Waals surface area contributed by atoms with Crippen LogP contribution in [0, 0.1) is 0 Å². The predicted molar refractivity (Wildman–Crippen MR) is 72.4 cm³/mol. The van der Waals surface area contributed by atoms with E-state index in [-0.39, 0.29) is 22.4 Å². The Bertz CT molecular complexity index is 470. The van der Waals surface area contributed by atoms with E-state index in [2.05, 4.69) is 5.32 Å². The zero-order chi connectivity index (χ0) is 14.8. The number of hydrogen-bond donors (Lipinski definition) is 1. The minimum absolute atomic E-state index is 0.0549. The lowest BCUT2D eigenvalue weighted by atomic mass is 9.94. The van der Waals surface area contributed by atoms with E-state index in [4.69, 9.17) is 16.3 Å². The van der Waals surface area contributed by atoms with E-state index in [0.29, 0.717) is 6.42 Å². The van der Waals surface area contributed by atoms with Crippen molar-refractivity contribution in [2.75, 3.05) is 13.7 Å². The average Bonchev–Trinajstić information content (AvgIpc) is 2.38. The normalized spacial score (nSPS) is 19.9. The molecule has 1 fully saturated rings. The Labute approximate surface area is 121 Å². The highest BCUT2D eigenvalue weighted by Crippen LogP contribution is 2.38. The van der Waals surface area contributed by atoms with Crippen LogP contribution in [0.15, 0.2) is 12.1 Å². The molecule has 0 aromatic heterocycles. The van der Waals surface area contributed by atoms with Crippen molar-refractivity contribution in [1.29, 1.82) is 0 Å². The zero-order valence-corrected chi connectivity index (χ0v) is 11.9. The highest BCUT2D eigenvalue weighted by Gasteiger charge is 2.35. The van der Waals surface area contributed by atoms with Crippen molar-refractivity contribution >= 4 is 11.6 Å². The van der Waals surface area contributed by atoms with Gasteiger partial charge in [0.2, 0.25) is 0 Å². The fourth-order valence-corrected chi connectivity index (χ4v) is 2.81. The monoisotopic (exact) mass is 307 g/mol. The van der Waals surface area contributed by atoms with Gasteiger partial charge < -0.3 is 10.1 Å². The summed E-state index contributed by atoms with van der Waals surface area (Å²) in [4.78, 5) is 0. The SMILES string of the molecule is COc1cc(C(F)(F)F)c(CC2CCCCN2)cc1Cl. The molecule has 1 aromatic carbocycles. The number of rotatable bonds is 3. The molecular weight excluding hydrogens is 291 g/mol. The van der Waals surface area contributed by atoms with Crippen molar-refractivity contribution in [1.82, 2.24) is 5.32 Å². The van der Waals surface area contributed by atoms with E-state index < -0.39 is 11.7 Å². The molecule has 2 nitrogen and oxygen atoms in total. The van der Waals surface area contributed by atoms with Crippen LogP contribution in [0.5, 0.6) is 5.75 Å². The van der Waals surface area contributed by atoms with Crippen LogP contribution < -0.4 is 10.1 Å². The van der Waals surface area contributed by atoms with Crippen LogP contribution in [0.25, 0.3) is 0 Å². The fourth-order valence-electron chi connectivity index (χ4n) is 2.55. The number of hydrogen-bond acceptors (Lipinski definition) is 2. The summed E-state index contributed by atoms with van der Waals surface area (Å²) in [5.41, 5.74) is -0.436. The number of halogens is 4. The fraction of sp³-hybridized carbons (Fsp3) is 0.571. The number of alkyl halides is 3. The maximum absolute atomic E-state index is 13.1. The van der Waals surface area contributed by atoms with Crippen molar-refractivity contribution in [2.45, 2.75) is 37.9 Å². The molecule has 1 aliphatic rings. The molecule has 1 atom stereocenters. The molecule has 0 spiro atoms. The van der Waals surface area contributed by atoms with Gasteiger partial charge in [0.25, 0.3) is 0 Å². The zero-order valence-electron chi connectivity index (χ0n) is 11.2. The van der Waals surface area contributed by atoms with Gasteiger partial charge in [-0.2, -0.15) is 13.2 Å². The molecule has 0 saturated carbocycles. The topological polar surface area (TPSA) is 21.3 Å². The molecule has 0 aliphatic carbocycles. The van der Waals surface area contributed by atoms with Crippen molar-refractivity contribution in [3.05, 3.63) is 28.3 Å². The molecule has 1 aliphatic heterocycles. The lowest BCUT2D eigenvalue weighted by Gasteiger charge is -2.25. The average molecular weight is 308 g/mol. The molecule has 1 aromatic rings. The van der Waals surface area contributed by atoms with Gasteiger partial charge in [-0.3, -0.25) is 0 Å². The van der Waals surface area contributed by atoms with Crippen LogP contribution in [0.2, 0.25) is 5.02 Å². The first kappa shape index (κ1) is 15.4. The maximum Gasteiger partial charge on any atom is 0.416 e. The quantitative estimate of drug-likeness (QED) is 0.909. The first-order valence-corrected chi connectivity index (χ1v) is 6.96. The van der Waals surface area contributed by atoms with Gasteiger partial charge in [-0.15, -0.1) is 0 Å². The summed E-state index contributed by atoms with van der Waals surface area (Å²) >= 11 is 5.96. The molecule has 1 saturated heterocycles. The summed E-state index contributed by atoms with van der Waals surface area (Å²) in [6.45, 7) is 0.857. The molecule has 1 unspecified atom stereocenters. The Balaban J connectivity index is 2.32. The van der Waals surface area contributed by atoms with Crippen molar-refractivity contribution in [3.8, 4) is 5.75 Å². The summed E-state index contributed by atoms with van der Waals surface area (Å²) in [5, 5.41) is 3.47. The van der Waals surface area contributed by atoms with E-state index in [1.165, 1.54) is 13.2 Å². The Hall–Kier alpha value is -0.940. The third-order valence-electron chi connectivity index (χ3n) is 3.56. The largest absolute Gasteiger partial charge is 0.495 e. The van der Waals surface area contributed by atoms with Gasteiger partial charge >= 0.3 is 6.18 Å². The second-order valence-corrected chi connectivity index (χ2v) is 5.40. The van der Waals surface area contributed by atoms with Gasteiger partial charge in [-0.25, -0.2) is 0 Å². The van der Waals surface area contributed by atoms with Crippen LogP contribution in [0.4, 0.5) is 13.2 Å². The molecule has 0 radical (unpaired) electrons. The first-order valence-electron chi connectivity index (χ1n) is 6.59. The van der Waals surface area contributed by atoms with E-state index in [9.17, 15) is 13.2 Å². The smallest absolute Gasteiger partial charge is 0.416 e. The van der Waals surface area contributed by atoms with Gasteiger partial charge in [0.15, 0.2) is 0 Å². The summed E-state index contributed by atoms with van der Waals surface area (Å²) in [6, 6.07) is 2.44. The molecule has 1 N–H and O–H groups in total. The van der Waals surface area contributed by atoms with Gasteiger partial charge in [-0.1, -0.05) is 18.0 Å². The first-order chi connectivity index (χ1) is 9.41. The van der Waals surface area contributed by atoms with E-state index in [1.54, 1.807) is 0 Å². The van der Waals surface area contributed by atoms with Gasteiger partial charge in [0.1, 0.15) is 5.75 Å². The summed E-state index contributed by atoms with van der Waals surface area (Å²) in [6.07, 6.45) is -1.06. The summed E-state index contributed by atoms with van der Waals surface area (Å²) < 4.78 is 44.3. The molecule has 2 rings (SSSR count). The molecule has 20 heavy (non-hydrogen) atoms. The van der Waals surface area contributed by atoms with Crippen LogP contribution >= 0.6 is 11.6 Å². The second-order valence-electron chi connectivity index (χ2n) is 4.99. The third kappa shape index (κ3) is 3.58. The Morgan fingerprint density at radius 3 is 2.65 bits per heavy atom. The molecular formula is C14H17ClF3NO. The van der Waals surface area contributed by atoms with Crippen LogP contribution in [0.1, 0.15) is 30.4 Å². The van der Waals surface area contributed by atoms with Gasteiger partial charge in [-0.05, 0) is 43.5 Å². The maximum atomic E-state index is 13.1. The van der Waals surface area contributed by atoms with Crippen LogP contribution in [-0.2, 0) is 12.6 Å². The molecule has 0 amide bonds. The minimum Gasteiger partial charge on any atom is -0.495 e. The van der Waals surface area contributed by atoms with Gasteiger partial charge in [0.05, 0.1) is 17.7 Å². The Kier molecular flexibility index (Phi) is 4.81. The summed E-state index contributed by atoms with van der Waals surface area (Å²) in [7, 11) is 1.31. The van der Waals surface area contributed by atoms with E-state index in [1.807, 2.05) is 0 Å². The third-order valence-corrected chi connectivity index (χ3v) is 3.86. The van der Waals surface area contributed by atoms with Gasteiger partial charge in [0, 0.05) is 6.04 Å². The number of nitrogens with one attached hydrogen (secondary N) is 1. The number of ether oxygens (including phenoxy) is 1. The highest BCUT2D eigenvalue weighted by atomic mass is 35.5. The lowest BCUT2D eigenvalue weighted by molar-refractivity contribution is -0.138. The van der Waals surface area contributed by atoms with E-state index >= 15 is 0 Å². The van der Waals surface area contributed by atoms with Crippen molar-refractivity contribution in [2.24, 2.45) is 0 Å². The second kappa shape index (κ2) is 6.22. The molecule has 112 valence electrons. The molecule has 1 heterocycles. The predicted octanol–water partition coefficient (Wildman–Crippen LogP) is 4.05. The molecule has 0 bridgehead atoms. The Morgan fingerprint density at radius 2 is 2.10 bits per heavy atom. The van der Waals surface area contributed by atoms with Crippen molar-refractivity contribution < 1.29 is 17.9 Å². The molecule has 6 heteroatoms. The highest BCUT2D eigenvalue weighted by molar-refractivity contribution is 6.32. The summed E-state index contributed by atoms with van der Waals surface area (Å²) in [5.74, 6) is 0.0549. The van der Waals surface area contributed by atoms with Crippen molar-refractivity contribution in [3.63, 3.8) is 0 Å². The number of benzene rings is 1. The van der Waals surface area contributed by atoms with Crippen LogP contribution in [-0.4, -0.2) is 19.7 Å². The Morgan fingerprint density at radius 1 is 1.35 bits per heavy atom. The number of piperidine rings is 1. The minimum atomic E-state index is -4.40.